The molecule has 0 spiro atoms. The van der Waals surface area contributed by atoms with E-state index in [0.717, 1.165) is 25.7 Å². The SMILES string of the molecule is C1=CCCC(c2ccc3c(c2)-c2c(-c4ccc5c(c4)c4cccc6c7ccccc7n5c64)ccc4c2C(CCc2ccccc2-4)C3)=C1. The Labute approximate surface area is 274 Å². The summed E-state index contributed by atoms with van der Waals surface area (Å²) in [6.07, 6.45) is 12.5. The Hall–Kier alpha value is -5.40. The molecule has 1 heteroatoms. The second kappa shape index (κ2) is 9.56. The summed E-state index contributed by atoms with van der Waals surface area (Å²) in [7, 11) is 0. The second-order valence-electron chi connectivity index (χ2n) is 13.9. The highest BCUT2D eigenvalue weighted by Crippen LogP contribution is 2.53. The summed E-state index contributed by atoms with van der Waals surface area (Å²) in [5, 5.41) is 5.34. The number of rotatable bonds is 2. The Balaban J connectivity index is 1.21. The van der Waals surface area contributed by atoms with Gasteiger partial charge in [-0.2, -0.15) is 0 Å². The molecule has 0 N–H and O–H groups in total. The first-order valence-corrected chi connectivity index (χ1v) is 17.2. The molecular weight excluding hydrogens is 567 g/mol. The largest absolute Gasteiger partial charge is 0.308 e. The van der Waals surface area contributed by atoms with E-state index in [1.807, 2.05) is 0 Å². The van der Waals surface area contributed by atoms with Gasteiger partial charge in [0, 0.05) is 21.5 Å². The van der Waals surface area contributed by atoms with Gasteiger partial charge in [0.1, 0.15) is 0 Å². The molecule has 11 rings (SSSR count). The van der Waals surface area contributed by atoms with E-state index >= 15 is 0 Å². The van der Waals surface area contributed by atoms with Crippen molar-refractivity contribution in [1.82, 2.24) is 4.40 Å². The van der Waals surface area contributed by atoms with Gasteiger partial charge < -0.3 is 4.40 Å². The van der Waals surface area contributed by atoms with E-state index in [1.54, 1.807) is 5.56 Å². The molecule has 222 valence electrons. The summed E-state index contributed by atoms with van der Waals surface area (Å²) in [5.41, 5.74) is 19.7. The lowest BCUT2D eigenvalue weighted by Crippen LogP contribution is -2.13. The number of hydrogen-bond donors (Lipinski definition) is 0. The molecule has 1 unspecified atom stereocenters. The second-order valence-corrected chi connectivity index (χ2v) is 13.9. The molecule has 2 aromatic heterocycles. The van der Waals surface area contributed by atoms with Crippen LogP contribution in [0.5, 0.6) is 0 Å². The first-order chi connectivity index (χ1) is 23.3. The number of aromatic nitrogens is 1. The summed E-state index contributed by atoms with van der Waals surface area (Å²) < 4.78 is 2.49. The Kier molecular flexibility index (Phi) is 5.24. The van der Waals surface area contributed by atoms with Crippen LogP contribution in [0.15, 0.2) is 133 Å². The number of nitrogens with zero attached hydrogens (tertiary/aromatic N) is 1. The summed E-state index contributed by atoms with van der Waals surface area (Å²) in [6, 6.07) is 44.3. The predicted octanol–water partition coefficient (Wildman–Crippen LogP) is 12.2. The van der Waals surface area contributed by atoms with Gasteiger partial charge in [-0.3, -0.25) is 0 Å². The number of allylic oxidation sites excluding steroid dienone is 4. The molecule has 0 amide bonds. The van der Waals surface area contributed by atoms with Crippen molar-refractivity contribution in [3.63, 3.8) is 0 Å². The van der Waals surface area contributed by atoms with E-state index in [0.29, 0.717) is 5.92 Å². The molecule has 2 heterocycles. The molecule has 0 fully saturated rings. The van der Waals surface area contributed by atoms with Crippen LogP contribution in [0.25, 0.3) is 77.0 Å². The van der Waals surface area contributed by atoms with Crippen LogP contribution < -0.4 is 0 Å². The van der Waals surface area contributed by atoms with Crippen LogP contribution in [-0.4, -0.2) is 4.40 Å². The predicted molar refractivity (Wildman–Crippen MR) is 199 cm³/mol. The number of para-hydroxylation sites is 2. The van der Waals surface area contributed by atoms with Crippen LogP contribution in [0.2, 0.25) is 0 Å². The molecule has 3 aliphatic rings. The minimum Gasteiger partial charge on any atom is -0.308 e. The molecule has 0 radical (unpaired) electrons. The fraction of sp³-hybridized carbons (Fsp3) is 0.130. The Morgan fingerprint density at radius 1 is 0.553 bits per heavy atom. The topological polar surface area (TPSA) is 4.41 Å². The van der Waals surface area contributed by atoms with Crippen molar-refractivity contribution in [3.8, 4) is 33.4 Å². The van der Waals surface area contributed by atoms with Gasteiger partial charge in [-0.25, -0.2) is 0 Å². The van der Waals surface area contributed by atoms with Gasteiger partial charge in [-0.15, -0.1) is 0 Å². The number of fused-ring (bicyclic) bond motifs is 10. The van der Waals surface area contributed by atoms with Crippen molar-refractivity contribution < 1.29 is 0 Å². The highest BCUT2D eigenvalue weighted by Gasteiger charge is 2.33. The third-order valence-electron chi connectivity index (χ3n) is 11.5. The Morgan fingerprint density at radius 2 is 1.36 bits per heavy atom. The Morgan fingerprint density at radius 3 is 2.30 bits per heavy atom. The fourth-order valence-corrected chi connectivity index (χ4v) is 9.38. The monoisotopic (exact) mass is 599 g/mol. The molecule has 0 aliphatic heterocycles. The molecule has 6 aromatic carbocycles. The van der Waals surface area contributed by atoms with Crippen LogP contribution >= 0.6 is 0 Å². The maximum absolute atomic E-state index is 2.53. The molecule has 8 aromatic rings. The summed E-state index contributed by atoms with van der Waals surface area (Å²) >= 11 is 0. The standard InChI is InChI=1S/C46H33N/c1-2-9-28(10-3-1)30-18-19-31-25-33-20-17-29-11-4-5-12-34(29)37-23-22-35(45(44(33)37)40(31)26-30)32-21-24-43-41(27-32)39-15-8-14-38-36-13-6-7-16-42(36)47(43)46(38)39/h1-2,4-9,11-16,18-19,21-24,26-27,33H,3,10,17,20,25H2. The van der Waals surface area contributed by atoms with Gasteiger partial charge in [0.15, 0.2) is 0 Å². The average Bonchev–Trinajstić information content (AvgIpc) is 3.60. The van der Waals surface area contributed by atoms with E-state index in [9.17, 15) is 0 Å². The zero-order valence-corrected chi connectivity index (χ0v) is 26.3. The number of hydrogen-bond acceptors (Lipinski definition) is 0. The number of benzene rings is 6. The lowest BCUT2D eigenvalue weighted by atomic mass is 9.72. The first-order valence-electron chi connectivity index (χ1n) is 17.2. The lowest BCUT2D eigenvalue weighted by molar-refractivity contribution is 0.623. The zero-order chi connectivity index (χ0) is 30.6. The molecule has 3 aliphatic carbocycles. The van der Waals surface area contributed by atoms with Crippen molar-refractivity contribution in [3.05, 3.63) is 156 Å². The molecule has 0 saturated carbocycles. The van der Waals surface area contributed by atoms with Crippen molar-refractivity contribution in [2.24, 2.45) is 0 Å². The van der Waals surface area contributed by atoms with Gasteiger partial charge in [0.05, 0.1) is 16.6 Å². The first kappa shape index (κ1) is 25.8. The third-order valence-corrected chi connectivity index (χ3v) is 11.5. The normalized spacial score (nSPS) is 16.8. The fourth-order valence-electron chi connectivity index (χ4n) is 9.38. The van der Waals surface area contributed by atoms with Crippen LogP contribution in [0.4, 0.5) is 0 Å². The number of aryl methyl sites for hydroxylation is 1. The van der Waals surface area contributed by atoms with E-state index < -0.39 is 0 Å². The smallest absolute Gasteiger partial charge is 0.0620 e. The van der Waals surface area contributed by atoms with E-state index in [-0.39, 0.29) is 0 Å². The molecule has 0 saturated heterocycles. The summed E-state index contributed by atoms with van der Waals surface area (Å²) in [6.45, 7) is 0. The van der Waals surface area contributed by atoms with Gasteiger partial charge in [-0.05, 0) is 123 Å². The summed E-state index contributed by atoms with van der Waals surface area (Å²) in [5.74, 6) is 0.512. The average molecular weight is 600 g/mol. The molecule has 0 bridgehead atoms. The maximum Gasteiger partial charge on any atom is 0.0620 e. The van der Waals surface area contributed by atoms with Crippen molar-refractivity contribution in [2.45, 2.75) is 38.0 Å². The highest BCUT2D eigenvalue weighted by molar-refractivity contribution is 6.23. The van der Waals surface area contributed by atoms with E-state index in [1.165, 1.54) is 100 Å². The van der Waals surface area contributed by atoms with Gasteiger partial charge in [-0.1, -0.05) is 109 Å². The molecule has 1 atom stereocenters. The minimum atomic E-state index is 0.512. The van der Waals surface area contributed by atoms with E-state index in [4.69, 9.17) is 0 Å². The quantitative estimate of drug-likeness (QED) is 0.186. The van der Waals surface area contributed by atoms with Gasteiger partial charge in [0.25, 0.3) is 0 Å². The van der Waals surface area contributed by atoms with E-state index in [2.05, 4.69) is 138 Å². The molecule has 1 nitrogen and oxygen atoms in total. The van der Waals surface area contributed by atoms with Crippen molar-refractivity contribution >= 4 is 43.7 Å². The van der Waals surface area contributed by atoms with Gasteiger partial charge >= 0.3 is 0 Å². The molecule has 47 heavy (non-hydrogen) atoms. The maximum atomic E-state index is 2.53. The molecular formula is C46H33N. The minimum absolute atomic E-state index is 0.512. The van der Waals surface area contributed by atoms with Crippen molar-refractivity contribution in [1.29, 1.82) is 0 Å². The van der Waals surface area contributed by atoms with Gasteiger partial charge in [0.2, 0.25) is 0 Å². The third kappa shape index (κ3) is 3.55. The van der Waals surface area contributed by atoms with Crippen LogP contribution in [0.3, 0.4) is 0 Å². The highest BCUT2D eigenvalue weighted by atomic mass is 14.9. The van der Waals surface area contributed by atoms with Crippen LogP contribution in [0.1, 0.15) is 47.4 Å². The zero-order valence-electron chi connectivity index (χ0n) is 26.3. The van der Waals surface area contributed by atoms with Crippen LogP contribution in [-0.2, 0) is 12.8 Å². The van der Waals surface area contributed by atoms with Crippen molar-refractivity contribution in [2.75, 3.05) is 0 Å². The Bertz CT molecular complexity index is 2660. The van der Waals surface area contributed by atoms with Crippen LogP contribution in [0, 0.1) is 0 Å². The lowest BCUT2D eigenvalue weighted by Gasteiger charge is -2.31. The summed E-state index contributed by atoms with van der Waals surface area (Å²) in [4.78, 5) is 0.